The lowest BCUT2D eigenvalue weighted by molar-refractivity contribution is 0.135. The summed E-state index contributed by atoms with van der Waals surface area (Å²) in [4.78, 5) is 8.11. The summed E-state index contributed by atoms with van der Waals surface area (Å²) < 4.78 is 11.7. The first-order chi connectivity index (χ1) is 9.94. The molecular formula is C15H16N4O2. The van der Waals surface area contributed by atoms with Crippen LogP contribution in [0.3, 0.4) is 0 Å². The van der Waals surface area contributed by atoms with Crippen LogP contribution in [-0.4, -0.2) is 21.4 Å². The van der Waals surface area contributed by atoms with Crippen molar-refractivity contribution in [3.8, 4) is 17.4 Å². The van der Waals surface area contributed by atoms with Gasteiger partial charge in [0.2, 0.25) is 5.88 Å². The first-order valence-electron chi connectivity index (χ1n) is 6.60. The zero-order valence-electron chi connectivity index (χ0n) is 11.9. The van der Waals surface area contributed by atoms with Gasteiger partial charge in [0.05, 0.1) is 12.4 Å². The van der Waals surface area contributed by atoms with Gasteiger partial charge >= 0.3 is 0 Å². The molecular weight excluding hydrogens is 268 g/mol. The first kappa shape index (κ1) is 13.4. The van der Waals surface area contributed by atoms with Crippen molar-refractivity contribution in [3.63, 3.8) is 0 Å². The lowest BCUT2D eigenvalue weighted by Gasteiger charge is -2.18. The van der Waals surface area contributed by atoms with Crippen LogP contribution < -0.4 is 15.2 Å². The number of nitrogens with zero attached hydrogens (tertiary/aromatic N) is 2. The van der Waals surface area contributed by atoms with Gasteiger partial charge in [0.1, 0.15) is 17.1 Å². The molecule has 2 aromatic rings. The van der Waals surface area contributed by atoms with Gasteiger partial charge in [0, 0.05) is 12.0 Å². The lowest BCUT2D eigenvalue weighted by Crippen LogP contribution is -2.24. The summed E-state index contributed by atoms with van der Waals surface area (Å²) in [7, 11) is 0. The Morgan fingerprint density at radius 1 is 1.33 bits per heavy atom. The van der Waals surface area contributed by atoms with Crippen LogP contribution in [0.4, 0.5) is 0 Å². The van der Waals surface area contributed by atoms with E-state index in [-0.39, 0.29) is 11.4 Å². The summed E-state index contributed by atoms with van der Waals surface area (Å²) in [5.41, 5.74) is 6.54. The van der Waals surface area contributed by atoms with Crippen LogP contribution in [-0.2, 0) is 6.42 Å². The van der Waals surface area contributed by atoms with Crippen molar-refractivity contribution < 1.29 is 9.47 Å². The van der Waals surface area contributed by atoms with Gasteiger partial charge in [-0.2, -0.15) is 0 Å². The molecule has 1 aliphatic heterocycles. The molecule has 6 nitrogen and oxygen atoms in total. The van der Waals surface area contributed by atoms with Crippen molar-refractivity contribution in [1.82, 2.24) is 9.97 Å². The van der Waals surface area contributed by atoms with Gasteiger partial charge in [-0.05, 0) is 19.9 Å². The largest absolute Gasteiger partial charge is 0.483 e. The van der Waals surface area contributed by atoms with Crippen molar-refractivity contribution >= 4 is 5.84 Å². The average Bonchev–Trinajstić information content (AvgIpc) is 2.74. The second kappa shape index (κ2) is 4.73. The Hall–Kier alpha value is -2.63. The van der Waals surface area contributed by atoms with E-state index in [0.29, 0.717) is 17.3 Å². The highest BCUT2D eigenvalue weighted by molar-refractivity contribution is 5.92. The highest BCUT2D eigenvalue weighted by atomic mass is 16.5. The van der Waals surface area contributed by atoms with Crippen molar-refractivity contribution in [3.05, 3.63) is 41.9 Å². The van der Waals surface area contributed by atoms with Gasteiger partial charge in [-0.1, -0.05) is 12.1 Å². The fraction of sp³-hybridized carbons (Fsp3) is 0.267. The van der Waals surface area contributed by atoms with E-state index in [1.165, 1.54) is 12.4 Å². The number of hydrogen-bond acceptors (Lipinski definition) is 5. The number of benzene rings is 1. The van der Waals surface area contributed by atoms with Crippen LogP contribution in [0.15, 0.2) is 30.6 Å². The van der Waals surface area contributed by atoms with E-state index >= 15 is 0 Å². The van der Waals surface area contributed by atoms with Crippen LogP contribution in [0.2, 0.25) is 0 Å². The first-order valence-corrected chi connectivity index (χ1v) is 6.60. The summed E-state index contributed by atoms with van der Waals surface area (Å²) in [5, 5.41) is 7.29. The molecule has 1 aliphatic rings. The molecule has 0 unspecified atom stereocenters. The van der Waals surface area contributed by atoms with Crippen LogP contribution >= 0.6 is 0 Å². The van der Waals surface area contributed by atoms with Crippen molar-refractivity contribution in [2.75, 3.05) is 0 Å². The predicted molar refractivity (Wildman–Crippen MR) is 78.0 cm³/mol. The number of nitrogens with two attached hydrogens (primary N) is 1. The third-order valence-electron chi connectivity index (χ3n) is 3.17. The lowest BCUT2D eigenvalue weighted by atomic mass is 10.0. The second-order valence-electron chi connectivity index (χ2n) is 5.54. The highest BCUT2D eigenvalue weighted by Crippen LogP contribution is 2.42. The standard InChI is InChI=1S/C15H16N4O2/c1-15(2)6-9-4-3-5-11(13(9)21-15)20-12-8-18-10(7-19-12)14(16)17/h3-5,7-8H,6H2,1-2H3,(H3,16,17). The van der Waals surface area contributed by atoms with Gasteiger partial charge in [-0.25, -0.2) is 9.97 Å². The summed E-state index contributed by atoms with van der Waals surface area (Å²) in [6.45, 7) is 4.08. The molecule has 0 radical (unpaired) electrons. The topological polar surface area (TPSA) is 94.1 Å². The van der Waals surface area contributed by atoms with Gasteiger partial charge in [-0.3, -0.25) is 5.41 Å². The monoisotopic (exact) mass is 284 g/mol. The van der Waals surface area contributed by atoms with Crippen molar-refractivity contribution in [1.29, 1.82) is 5.41 Å². The normalized spacial score (nSPS) is 15.1. The molecule has 2 heterocycles. The highest BCUT2D eigenvalue weighted by Gasteiger charge is 2.32. The molecule has 0 spiro atoms. The minimum Gasteiger partial charge on any atom is -0.483 e. The number of para-hydroxylation sites is 1. The van der Waals surface area contributed by atoms with Gasteiger partial charge in [-0.15, -0.1) is 0 Å². The molecule has 21 heavy (non-hydrogen) atoms. The van der Waals surface area contributed by atoms with Gasteiger partial charge < -0.3 is 15.2 Å². The molecule has 0 amide bonds. The Bertz CT molecular complexity index is 695. The molecule has 6 heteroatoms. The maximum atomic E-state index is 7.29. The number of aromatic nitrogens is 2. The van der Waals surface area contributed by atoms with Crippen LogP contribution in [0, 0.1) is 5.41 Å². The van der Waals surface area contributed by atoms with Crippen LogP contribution in [0.25, 0.3) is 0 Å². The number of fused-ring (bicyclic) bond motifs is 1. The smallest absolute Gasteiger partial charge is 0.238 e. The molecule has 0 bridgehead atoms. The zero-order chi connectivity index (χ0) is 15.0. The minimum absolute atomic E-state index is 0.125. The Balaban J connectivity index is 1.87. The van der Waals surface area contributed by atoms with E-state index in [1.807, 2.05) is 32.0 Å². The summed E-state index contributed by atoms with van der Waals surface area (Å²) in [6, 6.07) is 5.79. The average molecular weight is 284 g/mol. The maximum absolute atomic E-state index is 7.29. The Labute approximate surface area is 122 Å². The fourth-order valence-electron chi connectivity index (χ4n) is 2.29. The maximum Gasteiger partial charge on any atom is 0.238 e. The molecule has 0 saturated heterocycles. The predicted octanol–water partition coefficient (Wildman–Crippen LogP) is 2.27. The molecule has 3 N–H and O–H groups in total. The number of amidine groups is 1. The molecule has 0 aliphatic carbocycles. The van der Waals surface area contributed by atoms with E-state index in [4.69, 9.17) is 20.6 Å². The number of rotatable bonds is 3. The Kier molecular flexibility index (Phi) is 3.01. The summed E-state index contributed by atoms with van der Waals surface area (Å²) in [5.74, 6) is 1.57. The molecule has 1 aromatic carbocycles. The fourth-order valence-corrected chi connectivity index (χ4v) is 2.29. The van der Waals surface area contributed by atoms with E-state index in [9.17, 15) is 0 Å². The summed E-state index contributed by atoms with van der Waals surface area (Å²) in [6.07, 6.45) is 3.69. The second-order valence-corrected chi connectivity index (χ2v) is 5.54. The molecule has 108 valence electrons. The quantitative estimate of drug-likeness (QED) is 0.666. The third kappa shape index (κ3) is 2.65. The number of nitrogen functional groups attached to an aromatic ring is 1. The van der Waals surface area contributed by atoms with Gasteiger partial charge in [0.15, 0.2) is 11.5 Å². The minimum atomic E-state index is -0.230. The van der Waals surface area contributed by atoms with E-state index in [0.717, 1.165) is 17.7 Å². The SMILES string of the molecule is CC1(C)Cc2cccc(Oc3cnc(C(=N)N)cn3)c2O1. The number of ether oxygens (including phenoxy) is 2. The van der Waals surface area contributed by atoms with Crippen LogP contribution in [0.5, 0.6) is 17.4 Å². The van der Waals surface area contributed by atoms with E-state index in [1.54, 1.807) is 0 Å². The van der Waals surface area contributed by atoms with Crippen molar-refractivity contribution in [2.24, 2.45) is 5.73 Å². The van der Waals surface area contributed by atoms with E-state index in [2.05, 4.69) is 9.97 Å². The number of nitrogens with one attached hydrogen (secondary N) is 1. The van der Waals surface area contributed by atoms with Crippen molar-refractivity contribution in [2.45, 2.75) is 25.9 Å². The van der Waals surface area contributed by atoms with Gasteiger partial charge in [0.25, 0.3) is 0 Å². The zero-order valence-corrected chi connectivity index (χ0v) is 11.9. The summed E-state index contributed by atoms with van der Waals surface area (Å²) >= 11 is 0. The molecule has 3 rings (SSSR count). The van der Waals surface area contributed by atoms with E-state index < -0.39 is 0 Å². The number of hydrogen-bond donors (Lipinski definition) is 2. The Morgan fingerprint density at radius 3 is 2.81 bits per heavy atom. The Morgan fingerprint density at radius 2 is 2.14 bits per heavy atom. The molecule has 0 saturated carbocycles. The molecule has 0 atom stereocenters. The third-order valence-corrected chi connectivity index (χ3v) is 3.17. The molecule has 1 aromatic heterocycles. The molecule has 0 fully saturated rings. The van der Waals surface area contributed by atoms with Crippen LogP contribution in [0.1, 0.15) is 25.1 Å².